The molecule has 1 unspecified atom stereocenters. The third kappa shape index (κ3) is 3.11. The summed E-state index contributed by atoms with van der Waals surface area (Å²) in [6, 6.07) is 6.42. The largest absolute Gasteiger partial charge is 0.377 e. The number of hydrogen-bond donors (Lipinski definition) is 1. The molecule has 0 bridgehead atoms. The molecular weight excluding hydrogens is 279 g/mol. The van der Waals surface area contributed by atoms with Gasteiger partial charge in [-0.05, 0) is 46.8 Å². The number of hydrogen-bond acceptors (Lipinski definition) is 3. The Bertz CT molecular complexity index is 719. The summed E-state index contributed by atoms with van der Waals surface area (Å²) in [4.78, 5) is 0. The fraction of sp³-hybridized carbons (Fsp3) is 0.412. The first-order chi connectivity index (χ1) is 10.2. The van der Waals surface area contributed by atoms with Gasteiger partial charge in [0.1, 0.15) is 17.4 Å². The zero-order valence-corrected chi connectivity index (χ0v) is 13.6. The molecule has 2 rings (SSSR count). The van der Waals surface area contributed by atoms with Gasteiger partial charge in [-0.15, -0.1) is 0 Å². The predicted octanol–water partition coefficient (Wildman–Crippen LogP) is 4.13. The van der Waals surface area contributed by atoms with Gasteiger partial charge < -0.3 is 5.32 Å². The van der Waals surface area contributed by atoms with Gasteiger partial charge in [-0.1, -0.05) is 6.07 Å². The molecule has 116 valence electrons. The number of halogens is 1. The number of aromatic nitrogens is 2. The molecule has 0 aliphatic rings. The van der Waals surface area contributed by atoms with Gasteiger partial charge in [0.15, 0.2) is 0 Å². The summed E-state index contributed by atoms with van der Waals surface area (Å²) < 4.78 is 15.6. The Kier molecular flexibility index (Phi) is 4.23. The summed E-state index contributed by atoms with van der Waals surface area (Å²) in [5, 5.41) is 16.9. The molecule has 0 fully saturated rings. The lowest BCUT2D eigenvalue weighted by atomic mass is 10.1. The maximum absolute atomic E-state index is 13.7. The van der Waals surface area contributed by atoms with Gasteiger partial charge in [0.2, 0.25) is 0 Å². The maximum Gasteiger partial charge on any atom is 0.143 e. The van der Waals surface area contributed by atoms with Gasteiger partial charge >= 0.3 is 0 Å². The lowest BCUT2D eigenvalue weighted by molar-refractivity contribution is 0.354. The molecule has 0 aliphatic heterocycles. The van der Waals surface area contributed by atoms with Crippen LogP contribution in [0, 0.1) is 24.1 Å². The van der Waals surface area contributed by atoms with Gasteiger partial charge in [0.25, 0.3) is 0 Å². The topological polar surface area (TPSA) is 53.6 Å². The van der Waals surface area contributed by atoms with Gasteiger partial charge in [0.05, 0.1) is 23.0 Å². The molecule has 1 aromatic heterocycles. The highest BCUT2D eigenvalue weighted by molar-refractivity contribution is 5.58. The van der Waals surface area contributed by atoms with Crippen LogP contribution < -0.4 is 5.32 Å². The van der Waals surface area contributed by atoms with Crippen LogP contribution in [0.2, 0.25) is 0 Å². The average molecular weight is 300 g/mol. The van der Waals surface area contributed by atoms with Crippen molar-refractivity contribution in [3.05, 3.63) is 47.0 Å². The van der Waals surface area contributed by atoms with Crippen LogP contribution in [-0.2, 0) is 5.54 Å². The quantitative estimate of drug-likeness (QED) is 0.927. The normalized spacial score (nSPS) is 12.8. The number of anilines is 1. The third-order valence-corrected chi connectivity index (χ3v) is 3.59. The van der Waals surface area contributed by atoms with Gasteiger partial charge in [-0.3, -0.25) is 4.68 Å². The van der Waals surface area contributed by atoms with E-state index in [1.165, 1.54) is 6.07 Å². The third-order valence-electron chi connectivity index (χ3n) is 3.59. The molecule has 1 N–H and O–H groups in total. The highest BCUT2D eigenvalue weighted by Crippen LogP contribution is 2.26. The zero-order valence-electron chi connectivity index (χ0n) is 13.6. The first-order valence-corrected chi connectivity index (χ1v) is 7.26. The van der Waals surface area contributed by atoms with Crippen LogP contribution in [0.4, 0.5) is 10.1 Å². The van der Waals surface area contributed by atoms with Crippen LogP contribution in [0.3, 0.4) is 0 Å². The van der Waals surface area contributed by atoms with E-state index in [2.05, 4.69) is 31.2 Å². The standard InChI is InChI=1S/C17H21FN4/c1-11(14-10-22(17(3,4)5)21-12(14)2)20-16-8-6-7-15(18)13(16)9-19/h6-8,10-11,20H,1-5H3. The lowest BCUT2D eigenvalue weighted by Crippen LogP contribution is -2.22. The van der Waals surface area contributed by atoms with E-state index in [0.29, 0.717) is 5.69 Å². The number of rotatable bonds is 3. The monoisotopic (exact) mass is 300 g/mol. The molecule has 1 atom stereocenters. The zero-order chi connectivity index (χ0) is 16.5. The Hall–Kier alpha value is -2.35. The molecule has 1 heterocycles. The molecule has 0 amide bonds. The number of nitriles is 1. The molecule has 0 radical (unpaired) electrons. The molecule has 2 aromatic rings. The van der Waals surface area contributed by atoms with Crippen molar-refractivity contribution >= 4 is 5.69 Å². The molecule has 22 heavy (non-hydrogen) atoms. The molecular formula is C17H21FN4. The second-order valence-electron chi connectivity index (χ2n) is 6.43. The smallest absolute Gasteiger partial charge is 0.143 e. The average Bonchev–Trinajstić information content (AvgIpc) is 2.81. The van der Waals surface area contributed by atoms with Crippen LogP contribution in [0.25, 0.3) is 0 Å². The number of benzene rings is 1. The molecule has 0 aliphatic carbocycles. The van der Waals surface area contributed by atoms with Gasteiger partial charge in [-0.2, -0.15) is 10.4 Å². The van der Waals surface area contributed by atoms with E-state index in [1.54, 1.807) is 12.1 Å². The number of aryl methyl sites for hydroxylation is 1. The van der Waals surface area contributed by atoms with Gasteiger partial charge in [0, 0.05) is 11.8 Å². The van der Waals surface area contributed by atoms with Gasteiger partial charge in [-0.25, -0.2) is 4.39 Å². The van der Waals surface area contributed by atoms with E-state index in [1.807, 2.05) is 30.8 Å². The number of nitrogens with zero attached hydrogens (tertiary/aromatic N) is 3. The predicted molar refractivity (Wildman–Crippen MR) is 85.1 cm³/mol. The fourth-order valence-electron chi connectivity index (χ4n) is 2.31. The van der Waals surface area contributed by atoms with E-state index < -0.39 is 5.82 Å². The first kappa shape index (κ1) is 16.0. The van der Waals surface area contributed by atoms with Crippen LogP contribution in [0.15, 0.2) is 24.4 Å². The van der Waals surface area contributed by atoms with Crippen LogP contribution in [0.5, 0.6) is 0 Å². The lowest BCUT2D eigenvalue weighted by Gasteiger charge is -2.19. The summed E-state index contributed by atoms with van der Waals surface area (Å²) in [7, 11) is 0. The molecule has 4 nitrogen and oxygen atoms in total. The van der Waals surface area contributed by atoms with E-state index >= 15 is 0 Å². The second-order valence-corrected chi connectivity index (χ2v) is 6.43. The SMILES string of the molecule is Cc1nn(C(C)(C)C)cc1C(C)Nc1cccc(F)c1C#N. The summed E-state index contributed by atoms with van der Waals surface area (Å²) in [6.45, 7) is 10.2. The first-order valence-electron chi connectivity index (χ1n) is 7.26. The van der Waals surface area contributed by atoms with Crippen molar-refractivity contribution in [3.8, 4) is 6.07 Å². The van der Waals surface area contributed by atoms with Crippen molar-refractivity contribution in [1.82, 2.24) is 9.78 Å². The summed E-state index contributed by atoms with van der Waals surface area (Å²) in [5.74, 6) is -0.512. The van der Waals surface area contributed by atoms with Crippen molar-refractivity contribution in [2.45, 2.75) is 46.2 Å². The highest BCUT2D eigenvalue weighted by atomic mass is 19.1. The van der Waals surface area contributed by atoms with Crippen molar-refractivity contribution in [2.24, 2.45) is 0 Å². The van der Waals surface area contributed by atoms with Crippen molar-refractivity contribution in [1.29, 1.82) is 5.26 Å². The molecule has 0 saturated heterocycles. The fourth-order valence-corrected chi connectivity index (χ4v) is 2.31. The Morgan fingerprint density at radius 2 is 2.05 bits per heavy atom. The molecule has 5 heteroatoms. The Morgan fingerprint density at radius 3 is 2.59 bits per heavy atom. The van der Waals surface area contributed by atoms with E-state index in [9.17, 15) is 4.39 Å². The molecule has 0 spiro atoms. The summed E-state index contributed by atoms with van der Waals surface area (Å²) in [5.41, 5.74) is 2.39. The Morgan fingerprint density at radius 1 is 1.36 bits per heavy atom. The minimum Gasteiger partial charge on any atom is -0.377 e. The minimum absolute atomic E-state index is 0.0372. The van der Waals surface area contributed by atoms with E-state index in [0.717, 1.165) is 11.3 Å². The van der Waals surface area contributed by atoms with E-state index in [-0.39, 0.29) is 17.1 Å². The maximum atomic E-state index is 13.7. The molecule has 1 aromatic carbocycles. The molecule has 0 saturated carbocycles. The minimum atomic E-state index is -0.512. The Balaban J connectivity index is 2.31. The highest BCUT2D eigenvalue weighted by Gasteiger charge is 2.20. The Labute approximate surface area is 130 Å². The van der Waals surface area contributed by atoms with Crippen LogP contribution in [-0.4, -0.2) is 9.78 Å². The summed E-state index contributed by atoms with van der Waals surface area (Å²) >= 11 is 0. The number of nitrogens with one attached hydrogen (secondary N) is 1. The van der Waals surface area contributed by atoms with Crippen LogP contribution in [0.1, 0.15) is 50.6 Å². The second kappa shape index (κ2) is 5.80. The van der Waals surface area contributed by atoms with Crippen molar-refractivity contribution in [2.75, 3.05) is 5.32 Å². The summed E-state index contributed by atoms with van der Waals surface area (Å²) in [6.07, 6.45) is 2.00. The van der Waals surface area contributed by atoms with Crippen molar-refractivity contribution in [3.63, 3.8) is 0 Å². The van der Waals surface area contributed by atoms with Crippen LogP contribution >= 0.6 is 0 Å². The van der Waals surface area contributed by atoms with Crippen molar-refractivity contribution < 1.29 is 4.39 Å². The van der Waals surface area contributed by atoms with E-state index in [4.69, 9.17) is 5.26 Å².